The van der Waals surface area contributed by atoms with E-state index in [4.69, 9.17) is 5.73 Å². The monoisotopic (exact) mass is 234 g/mol. The highest BCUT2D eigenvalue weighted by Crippen LogP contribution is 2.16. The van der Waals surface area contributed by atoms with Crippen LogP contribution in [0.1, 0.15) is 20.3 Å². The van der Waals surface area contributed by atoms with Gasteiger partial charge >= 0.3 is 0 Å². The molecule has 0 spiro atoms. The molecular weight excluding hydrogens is 216 g/mol. The van der Waals surface area contributed by atoms with Gasteiger partial charge in [0.05, 0.1) is 16.9 Å². The van der Waals surface area contributed by atoms with Crippen LogP contribution < -0.4 is 11.1 Å². The Morgan fingerprint density at radius 3 is 2.53 bits per heavy atom. The van der Waals surface area contributed by atoms with E-state index in [1.54, 1.807) is 13.8 Å². The Morgan fingerprint density at radius 1 is 1.53 bits per heavy atom. The number of rotatable bonds is 4. The van der Waals surface area contributed by atoms with E-state index in [-0.39, 0.29) is 23.5 Å². The number of nitrogens with one attached hydrogen (secondary N) is 1. The summed E-state index contributed by atoms with van der Waals surface area (Å²) in [6.45, 7) is 3.90. The Hall–Kier alpha value is -0.620. The van der Waals surface area contributed by atoms with Gasteiger partial charge in [-0.1, -0.05) is 0 Å². The first-order chi connectivity index (χ1) is 6.73. The van der Waals surface area contributed by atoms with Crippen molar-refractivity contribution in [3.05, 3.63) is 0 Å². The molecule has 3 N–H and O–H groups in total. The molecule has 1 amide bonds. The summed E-state index contributed by atoms with van der Waals surface area (Å²) in [5, 5.41) is 3.08. The predicted octanol–water partition coefficient (Wildman–Crippen LogP) is -0.725. The second-order valence-corrected chi connectivity index (χ2v) is 6.96. The van der Waals surface area contributed by atoms with Crippen LogP contribution in [0.25, 0.3) is 0 Å². The number of carbonyl (C=O) groups excluding carboxylic acids is 1. The molecular formula is C9H18N2O3S. The van der Waals surface area contributed by atoms with Gasteiger partial charge in [-0.25, -0.2) is 8.42 Å². The fourth-order valence-corrected chi connectivity index (χ4v) is 3.15. The van der Waals surface area contributed by atoms with Crippen LogP contribution in [0.15, 0.2) is 0 Å². The van der Waals surface area contributed by atoms with Gasteiger partial charge in [0.25, 0.3) is 0 Å². The molecule has 15 heavy (non-hydrogen) atoms. The first kappa shape index (κ1) is 12.4. The van der Waals surface area contributed by atoms with Crippen LogP contribution in [-0.4, -0.2) is 38.4 Å². The van der Waals surface area contributed by atoms with Gasteiger partial charge in [-0.2, -0.15) is 0 Å². The average Bonchev–Trinajstić information content (AvgIpc) is 2.42. The fourth-order valence-electron chi connectivity index (χ4n) is 1.44. The van der Waals surface area contributed by atoms with Crippen LogP contribution in [0, 0.1) is 5.41 Å². The minimum Gasteiger partial charge on any atom is -0.369 e. The van der Waals surface area contributed by atoms with Crippen LogP contribution in [0.4, 0.5) is 0 Å². The second kappa shape index (κ2) is 4.09. The summed E-state index contributed by atoms with van der Waals surface area (Å²) in [5.41, 5.74) is 4.58. The summed E-state index contributed by atoms with van der Waals surface area (Å²) in [4.78, 5) is 11.0. The zero-order chi connectivity index (χ0) is 11.7. The van der Waals surface area contributed by atoms with Crippen LogP contribution in [0.2, 0.25) is 0 Å². The first-order valence-corrected chi connectivity index (χ1v) is 6.79. The molecule has 1 heterocycles. The number of sulfone groups is 1. The van der Waals surface area contributed by atoms with Gasteiger partial charge < -0.3 is 11.1 Å². The highest BCUT2D eigenvalue weighted by Gasteiger charge is 2.31. The smallest absolute Gasteiger partial charge is 0.224 e. The van der Waals surface area contributed by atoms with Crippen LogP contribution in [-0.2, 0) is 14.6 Å². The van der Waals surface area contributed by atoms with Crippen LogP contribution in [0.3, 0.4) is 0 Å². The van der Waals surface area contributed by atoms with Gasteiger partial charge in [-0.3, -0.25) is 4.79 Å². The van der Waals surface area contributed by atoms with Crippen molar-refractivity contribution < 1.29 is 13.2 Å². The molecule has 1 unspecified atom stereocenters. The van der Waals surface area contributed by atoms with Gasteiger partial charge in [0.15, 0.2) is 9.84 Å². The normalized spacial score (nSPS) is 25.3. The molecule has 0 aliphatic carbocycles. The van der Waals surface area contributed by atoms with Crippen molar-refractivity contribution >= 4 is 15.7 Å². The van der Waals surface area contributed by atoms with Gasteiger partial charge in [0.1, 0.15) is 0 Å². The van der Waals surface area contributed by atoms with Crippen molar-refractivity contribution in [3.63, 3.8) is 0 Å². The Labute approximate surface area is 90.3 Å². The SMILES string of the molecule is CC(C)(CNC1CCS(=O)(=O)C1)C(N)=O. The molecule has 0 aromatic carbocycles. The van der Waals surface area contributed by atoms with Crippen LogP contribution in [0.5, 0.6) is 0 Å². The molecule has 1 atom stereocenters. The number of hydrogen-bond acceptors (Lipinski definition) is 4. The minimum absolute atomic E-state index is 0.0337. The first-order valence-electron chi connectivity index (χ1n) is 4.97. The molecule has 1 saturated heterocycles. The van der Waals surface area contributed by atoms with E-state index < -0.39 is 15.3 Å². The highest BCUT2D eigenvalue weighted by molar-refractivity contribution is 7.91. The van der Waals surface area contributed by atoms with Crippen molar-refractivity contribution in [2.75, 3.05) is 18.1 Å². The molecule has 0 radical (unpaired) electrons. The molecule has 5 nitrogen and oxygen atoms in total. The fraction of sp³-hybridized carbons (Fsp3) is 0.889. The Kier molecular flexibility index (Phi) is 3.40. The van der Waals surface area contributed by atoms with E-state index in [1.165, 1.54) is 0 Å². The average molecular weight is 234 g/mol. The van der Waals surface area contributed by atoms with E-state index in [0.29, 0.717) is 13.0 Å². The summed E-state index contributed by atoms with van der Waals surface area (Å²) in [7, 11) is -2.86. The molecule has 0 aromatic heterocycles. The molecule has 1 rings (SSSR count). The highest BCUT2D eigenvalue weighted by atomic mass is 32.2. The molecule has 0 bridgehead atoms. The number of hydrogen-bond donors (Lipinski definition) is 2. The summed E-state index contributed by atoms with van der Waals surface area (Å²) in [6, 6.07) is -0.0337. The van der Waals surface area contributed by atoms with Crippen molar-refractivity contribution in [1.29, 1.82) is 0 Å². The quantitative estimate of drug-likeness (QED) is 0.671. The minimum atomic E-state index is -2.86. The van der Waals surface area contributed by atoms with Gasteiger partial charge in [-0.15, -0.1) is 0 Å². The molecule has 1 fully saturated rings. The maximum absolute atomic E-state index is 11.2. The third-order valence-electron chi connectivity index (χ3n) is 2.73. The predicted molar refractivity (Wildman–Crippen MR) is 58.0 cm³/mol. The zero-order valence-electron chi connectivity index (χ0n) is 9.12. The zero-order valence-corrected chi connectivity index (χ0v) is 9.93. The lowest BCUT2D eigenvalue weighted by molar-refractivity contribution is -0.125. The van der Waals surface area contributed by atoms with E-state index in [0.717, 1.165) is 0 Å². The molecule has 6 heteroatoms. The molecule has 88 valence electrons. The molecule has 1 aliphatic heterocycles. The van der Waals surface area contributed by atoms with Crippen LogP contribution >= 0.6 is 0 Å². The standard InChI is InChI=1S/C9H18N2O3S/c1-9(2,8(10)12)6-11-7-3-4-15(13,14)5-7/h7,11H,3-6H2,1-2H3,(H2,10,12). The Balaban J connectivity index is 2.43. The van der Waals surface area contributed by atoms with Crippen molar-refractivity contribution in [1.82, 2.24) is 5.32 Å². The molecule has 1 aliphatic rings. The van der Waals surface area contributed by atoms with Gasteiger partial charge in [0.2, 0.25) is 5.91 Å². The van der Waals surface area contributed by atoms with Crippen molar-refractivity contribution in [3.8, 4) is 0 Å². The Morgan fingerprint density at radius 2 is 2.13 bits per heavy atom. The summed E-state index contributed by atoms with van der Waals surface area (Å²) >= 11 is 0. The number of nitrogens with two attached hydrogens (primary N) is 1. The van der Waals surface area contributed by atoms with Gasteiger partial charge in [0, 0.05) is 12.6 Å². The summed E-state index contributed by atoms with van der Waals surface area (Å²) in [5.74, 6) is 0.0274. The lowest BCUT2D eigenvalue weighted by atomic mass is 9.92. The molecule has 0 aromatic rings. The lowest BCUT2D eigenvalue weighted by Gasteiger charge is -2.23. The Bertz CT molecular complexity index is 348. The third-order valence-corrected chi connectivity index (χ3v) is 4.50. The van der Waals surface area contributed by atoms with E-state index >= 15 is 0 Å². The summed E-state index contributed by atoms with van der Waals surface area (Å²) < 4.78 is 22.3. The largest absolute Gasteiger partial charge is 0.369 e. The third kappa shape index (κ3) is 3.46. The lowest BCUT2D eigenvalue weighted by Crippen LogP contribution is -2.44. The van der Waals surface area contributed by atoms with E-state index in [9.17, 15) is 13.2 Å². The van der Waals surface area contributed by atoms with Crippen molar-refractivity contribution in [2.24, 2.45) is 11.1 Å². The van der Waals surface area contributed by atoms with E-state index in [2.05, 4.69) is 5.32 Å². The molecule has 0 saturated carbocycles. The second-order valence-electron chi connectivity index (χ2n) is 4.73. The maximum Gasteiger partial charge on any atom is 0.224 e. The van der Waals surface area contributed by atoms with E-state index in [1.807, 2.05) is 0 Å². The number of amides is 1. The number of carbonyl (C=O) groups is 1. The number of primary amides is 1. The topological polar surface area (TPSA) is 89.3 Å². The van der Waals surface area contributed by atoms with Gasteiger partial charge in [-0.05, 0) is 20.3 Å². The maximum atomic E-state index is 11.2. The van der Waals surface area contributed by atoms with Crippen molar-refractivity contribution in [2.45, 2.75) is 26.3 Å². The summed E-state index contributed by atoms with van der Waals surface area (Å²) in [6.07, 6.45) is 0.622.